The molecule has 0 aromatic heterocycles. The lowest BCUT2D eigenvalue weighted by Gasteiger charge is -2.21. The minimum absolute atomic E-state index is 0.131. The molecule has 1 fully saturated rings. The highest BCUT2D eigenvalue weighted by molar-refractivity contribution is 9.10. The van der Waals surface area contributed by atoms with Gasteiger partial charge in [0.1, 0.15) is 0 Å². The molecule has 0 aliphatic heterocycles. The molecule has 4 N–H and O–H groups in total. The van der Waals surface area contributed by atoms with Crippen molar-refractivity contribution in [1.82, 2.24) is 0 Å². The van der Waals surface area contributed by atoms with Crippen LogP contribution >= 0.6 is 15.9 Å². The van der Waals surface area contributed by atoms with E-state index >= 15 is 0 Å². The lowest BCUT2D eigenvalue weighted by atomic mass is 9.94. The molecule has 0 spiro atoms. The molecule has 114 valence electrons. The molecular formula is C15H19BrN2O3. The summed E-state index contributed by atoms with van der Waals surface area (Å²) in [5.74, 6) is -1.37. The molecule has 0 heterocycles. The molecule has 1 amide bonds. The smallest absolute Gasteiger partial charge is 0.335 e. The van der Waals surface area contributed by atoms with Gasteiger partial charge in [-0.15, -0.1) is 0 Å². The van der Waals surface area contributed by atoms with Crippen molar-refractivity contribution < 1.29 is 14.7 Å². The van der Waals surface area contributed by atoms with Gasteiger partial charge in [0.15, 0.2) is 0 Å². The molecular weight excluding hydrogens is 336 g/mol. The van der Waals surface area contributed by atoms with E-state index in [-0.39, 0.29) is 23.4 Å². The third-order valence-electron chi connectivity index (χ3n) is 3.88. The summed E-state index contributed by atoms with van der Waals surface area (Å²) in [6.45, 7) is 0. The van der Waals surface area contributed by atoms with Gasteiger partial charge in [0.05, 0.1) is 17.2 Å². The summed E-state index contributed by atoms with van der Waals surface area (Å²) in [5, 5.41) is 11.8. The highest BCUT2D eigenvalue weighted by Gasteiger charge is 2.27. The first kappa shape index (κ1) is 16.0. The highest BCUT2D eigenvalue weighted by atomic mass is 79.9. The van der Waals surface area contributed by atoms with Gasteiger partial charge in [-0.1, -0.05) is 19.3 Å². The van der Waals surface area contributed by atoms with E-state index in [0.717, 1.165) is 32.1 Å². The maximum Gasteiger partial charge on any atom is 0.335 e. The Labute approximate surface area is 132 Å². The quantitative estimate of drug-likeness (QED) is 0.727. The zero-order valence-corrected chi connectivity index (χ0v) is 13.2. The average Bonchev–Trinajstić information content (AvgIpc) is 2.65. The van der Waals surface area contributed by atoms with E-state index in [1.54, 1.807) is 6.07 Å². The molecule has 0 saturated heterocycles. The van der Waals surface area contributed by atoms with Crippen molar-refractivity contribution in [2.75, 3.05) is 5.32 Å². The predicted molar refractivity (Wildman–Crippen MR) is 84.3 cm³/mol. The molecule has 1 aromatic rings. The summed E-state index contributed by atoms with van der Waals surface area (Å²) in [6, 6.07) is 4.42. The Hall–Kier alpha value is -1.40. The Bertz CT molecular complexity index is 548. The largest absolute Gasteiger partial charge is 0.478 e. The van der Waals surface area contributed by atoms with Crippen molar-refractivity contribution >= 4 is 33.5 Å². The minimum Gasteiger partial charge on any atom is -0.478 e. The van der Waals surface area contributed by atoms with Crippen LogP contribution in [-0.4, -0.2) is 23.0 Å². The first-order chi connectivity index (χ1) is 9.99. The third kappa shape index (κ3) is 4.04. The summed E-state index contributed by atoms with van der Waals surface area (Å²) in [4.78, 5) is 23.4. The predicted octanol–water partition coefficient (Wildman–Crippen LogP) is 2.99. The van der Waals surface area contributed by atoms with E-state index in [4.69, 9.17) is 10.8 Å². The van der Waals surface area contributed by atoms with Crippen LogP contribution in [0.15, 0.2) is 22.7 Å². The Morgan fingerprint density at radius 2 is 1.95 bits per heavy atom. The van der Waals surface area contributed by atoms with Gasteiger partial charge in [0, 0.05) is 10.5 Å². The maximum atomic E-state index is 12.4. The van der Waals surface area contributed by atoms with E-state index in [9.17, 15) is 9.59 Å². The van der Waals surface area contributed by atoms with Crippen molar-refractivity contribution in [2.24, 2.45) is 11.7 Å². The molecule has 6 heteroatoms. The number of rotatable bonds is 3. The molecule has 2 atom stereocenters. The number of hydrogen-bond donors (Lipinski definition) is 3. The molecule has 2 unspecified atom stereocenters. The maximum absolute atomic E-state index is 12.4. The van der Waals surface area contributed by atoms with E-state index in [1.165, 1.54) is 12.1 Å². The van der Waals surface area contributed by atoms with Gasteiger partial charge >= 0.3 is 5.97 Å². The average molecular weight is 355 g/mol. The number of halogens is 1. The monoisotopic (exact) mass is 354 g/mol. The van der Waals surface area contributed by atoms with Crippen molar-refractivity contribution in [3.8, 4) is 0 Å². The molecule has 1 aliphatic carbocycles. The van der Waals surface area contributed by atoms with Crippen LogP contribution in [0.5, 0.6) is 0 Å². The van der Waals surface area contributed by atoms with Gasteiger partial charge in [0.25, 0.3) is 0 Å². The Kier molecular flexibility index (Phi) is 5.36. The number of carbonyl (C=O) groups excluding carboxylic acids is 1. The van der Waals surface area contributed by atoms with E-state index in [1.807, 2.05) is 0 Å². The number of benzene rings is 1. The van der Waals surface area contributed by atoms with Gasteiger partial charge in [-0.2, -0.15) is 0 Å². The van der Waals surface area contributed by atoms with Crippen LogP contribution < -0.4 is 11.1 Å². The highest BCUT2D eigenvalue weighted by Crippen LogP contribution is 2.27. The van der Waals surface area contributed by atoms with Gasteiger partial charge in [0.2, 0.25) is 5.91 Å². The second-order valence-corrected chi connectivity index (χ2v) is 6.25. The molecule has 5 nitrogen and oxygen atoms in total. The lowest BCUT2D eigenvalue weighted by molar-refractivity contribution is -0.120. The summed E-state index contributed by atoms with van der Waals surface area (Å²) in [6.07, 6.45) is 4.80. The molecule has 0 bridgehead atoms. The fourth-order valence-corrected chi connectivity index (χ4v) is 2.99. The third-order valence-corrected chi connectivity index (χ3v) is 4.57. The summed E-state index contributed by atoms with van der Waals surface area (Å²) < 4.78 is 0.656. The number of carboxylic acids is 1. The summed E-state index contributed by atoms with van der Waals surface area (Å²) >= 11 is 3.32. The minimum atomic E-state index is -1.02. The fraction of sp³-hybridized carbons (Fsp3) is 0.467. The van der Waals surface area contributed by atoms with Crippen molar-refractivity contribution in [3.63, 3.8) is 0 Å². The number of amides is 1. The van der Waals surface area contributed by atoms with Crippen molar-refractivity contribution in [3.05, 3.63) is 28.2 Å². The van der Waals surface area contributed by atoms with Gasteiger partial charge in [-0.3, -0.25) is 4.79 Å². The van der Waals surface area contributed by atoms with E-state index < -0.39 is 5.97 Å². The number of anilines is 1. The number of nitrogens with one attached hydrogen (secondary N) is 1. The van der Waals surface area contributed by atoms with Crippen LogP contribution in [0.2, 0.25) is 0 Å². The van der Waals surface area contributed by atoms with Crippen LogP contribution in [0, 0.1) is 5.92 Å². The summed E-state index contributed by atoms with van der Waals surface area (Å²) in [7, 11) is 0. The lowest BCUT2D eigenvalue weighted by Crippen LogP contribution is -2.37. The Morgan fingerprint density at radius 1 is 1.24 bits per heavy atom. The molecule has 21 heavy (non-hydrogen) atoms. The molecule has 1 aromatic carbocycles. The van der Waals surface area contributed by atoms with E-state index in [0.29, 0.717) is 10.2 Å². The second kappa shape index (κ2) is 7.04. The molecule has 2 rings (SSSR count). The van der Waals surface area contributed by atoms with Crippen LogP contribution in [-0.2, 0) is 4.79 Å². The van der Waals surface area contributed by atoms with Crippen LogP contribution in [0.4, 0.5) is 5.69 Å². The number of hydrogen-bond acceptors (Lipinski definition) is 3. The molecule has 0 radical (unpaired) electrons. The van der Waals surface area contributed by atoms with Gasteiger partial charge in [-0.05, 0) is 47.0 Å². The van der Waals surface area contributed by atoms with Crippen LogP contribution in [0.1, 0.15) is 42.5 Å². The second-order valence-electron chi connectivity index (χ2n) is 5.40. The Balaban J connectivity index is 2.14. The Morgan fingerprint density at radius 3 is 2.67 bits per heavy atom. The fourth-order valence-electron chi connectivity index (χ4n) is 2.64. The van der Waals surface area contributed by atoms with Crippen LogP contribution in [0.3, 0.4) is 0 Å². The molecule has 1 aliphatic rings. The normalized spacial score (nSPS) is 22.4. The number of aromatic carboxylic acids is 1. The first-order valence-corrected chi connectivity index (χ1v) is 7.87. The first-order valence-electron chi connectivity index (χ1n) is 7.08. The van der Waals surface area contributed by atoms with Crippen molar-refractivity contribution in [2.45, 2.75) is 38.1 Å². The number of carbonyl (C=O) groups is 2. The van der Waals surface area contributed by atoms with Crippen LogP contribution in [0.25, 0.3) is 0 Å². The summed E-state index contributed by atoms with van der Waals surface area (Å²) in [5.41, 5.74) is 6.69. The standard InChI is InChI=1S/C15H19BrN2O3/c16-11-7-6-9(15(20)21)8-13(11)18-14(19)10-4-2-1-3-5-12(10)17/h6-8,10,12H,1-5,17H2,(H,18,19)(H,20,21). The topological polar surface area (TPSA) is 92.4 Å². The molecule has 1 saturated carbocycles. The van der Waals surface area contributed by atoms with Gasteiger partial charge in [-0.25, -0.2) is 4.79 Å². The van der Waals surface area contributed by atoms with E-state index in [2.05, 4.69) is 21.2 Å². The number of nitrogens with two attached hydrogens (primary N) is 1. The SMILES string of the molecule is NC1CCCCCC1C(=O)Nc1cc(C(=O)O)ccc1Br. The van der Waals surface area contributed by atoms with Crippen molar-refractivity contribution in [1.29, 1.82) is 0 Å². The zero-order chi connectivity index (χ0) is 15.4. The zero-order valence-electron chi connectivity index (χ0n) is 11.6. The number of carboxylic acid groups (broad SMARTS) is 1. The van der Waals surface area contributed by atoms with Gasteiger partial charge < -0.3 is 16.2 Å².